The van der Waals surface area contributed by atoms with Crippen molar-refractivity contribution >= 4 is 37.7 Å². The normalized spacial score (nSPS) is 11.2. The Morgan fingerprint density at radius 2 is 1.79 bits per heavy atom. The van der Waals surface area contributed by atoms with Crippen molar-refractivity contribution in [2.24, 2.45) is 0 Å². The average Bonchev–Trinajstić information content (AvgIpc) is 3.20. The van der Waals surface area contributed by atoms with E-state index in [2.05, 4.69) is 10.3 Å². The first-order valence-corrected chi connectivity index (χ1v) is 11.2. The van der Waals surface area contributed by atoms with E-state index in [9.17, 15) is 14.0 Å². The summed E-state index contributed by atoms with van der Waals surface area (Å²) in [5.74, 6) is -0.201. The summed E-state index contributed by atoms with van der Waals surface area (Å²) in [6, 6.07) is 19.6. The molecule has 1 N–H and O–H groups in total. The fourth-order valence-corrected chi connectivity index (χ4v) is 4.73. The van der Waals surface area contributed by atoms with Crippen LogP contribution in [-0.2, 0) is 17.9 Å². The van der Waals surface area contributed by atoms with Crippen LogP contribution in [0, 0.1) is 12.7 Å². The van der Waals surface area contributed by atoms with Crippen LogP contribution in [0.1, 0.15) is 11.4 Å². The number of carbonyl (C=O) groups excluding carboxylic acids is 1. The van der Waals surface area contributed by atoms with Gasteiger partial charge >= 0.3 is 0 Å². The number of hydrogen-bond acceptors (Lipinski definition) is 5. The SMILES string of the molecule is Cc1nc2c(sc3nc(-c4ccccc4)ccc32)c(=O)n1CC(=O)NCc1ccc(F)cc1. The molecule has 0 bridgehead atoms. The summed E-state index contributed by atoms with van der Waals surface area (Å²) in [5.41, 5.74) is 2.93. The molecule has 3 heterocycles. The number of rotatable bonds is 5. The first-order valence-electron chi connectivity index (χ1n) is 10.4. The fourth-order valence-electron chi connectivity index (χ4n) is 3.67. The topological polar surface area (TPSA) is 76.9 Å². The average molecular weight is 459 g/mol. The number of fused-ring (bicyclic) bond motifs is 3. The van der Waals surface area contributed by atoms with Crippen LogP contribution in [-0.4, -0.2) is 20.4 Å². The Labute approximate surface area is 192 Å². The van der Waals surface area contributed by atoms with Crippen molar-refractivity contribution in [3.8, 4) is 11.3 Å². The van der Waals surface area contributed by atoms with Crippen LogP contribution >= 0.6 is 11.3 Å². The molecule has 1 amide bonds. The number of nitrogens with one attached hydrogen (secondary N) is 1. The van der Waals surface area contributed by atoms with Crippen LogP contribution in [0.25, 0.3) is 31.7 Å². The maximum atomic E-state index is 13.2. The second kappa shape index (κ2) is 8.55. The number of aromatic nitrogens is 3. The van der Waals surface area contributed by atoms with Crippen molar-refractivity contribution in [2.45, 2.75) is 20.0 Å². The number of pyridine rings is 1. The van der Waals surface area contributed by atoms with E-state index < -0.39 is 0 Å². The van der Waals surface area contributed by atoms with Crippen molar-refractivity contribution in [1.29, 1.82) is 0 Å². The van der Waals surface area contributed by atoms with Gasteiger partial charge in [0.05, 0.1) is 11.2 Å². The summed E-state index contributed by atoms with van der Waals surface area (Å²) in [6.45, 7) is 1.81. The molecular formula is C25H19FN4O2S. The lowest BCUT2D eigenvalue weighted by Crippen LogP contribution is -2.33. The number of carbonyl (C=O) groups is 1. The number of halogens is 1. The zero-order valence-electron chi connectivity index (χ0n) is 17.7. The number of thiophene rings is 1. The quantitative estimate of drug-likeness (QED) is 0.423. The first-order chi connectivity index (χ1) is 16.0. The molecule has 6 nitrogen and oxygen atoms in total. The van der Waals surface area contributed by atoms with Crippen molar-refractivity contribution in [1.82, 2.24) is 19.9 Å². The van der Waals surface area contributed by atoms with E-state index in [0.29, 0.717) is 16.0 Å². The highest BCUT2D eigenvalue weighted by atomic mass is 32.1. The lowest BCUT2D eigenvalue weighted by molar-refractivity contribution is -0.121. The van der Waals surface area contributed by atoms with Crippen LogP contribution < -0.4 is 10.9 Å². The summed E-state index contributed by atoms with van der Waals surface area (Å²) in [5, 5.41) is 3.59. The van der Waals surface area contributed by atoms with Gasteiger partial charge in [0.15, 0.2) is 0 Å². The minimum Gasteiger partial charge on any atom is -0.350 e. The molecular weight excluding hydrogens is 439 g/mol. The highest BCUT2D eigenvalue weighted by Gasteiger charge is 2.17. The standard InChI is InChI=1S/C25H19FN4O2S/c1-15-28-22-19-11-12-20(17-5-3-2-4-6-17)29-24(19)33-23(22)25(32)30(15)14-21(31)27-13-16-7-9-18(26)10-8-16/h2-12H,13-14H2,1H3,(H,27,31). The summed E-state index contributed by atoms with van der Waals surface area (Å²) in [7, 11) is 0. The predicted molar refractivity (Wildman–Crippen MR) is 128 cm³/mol. The van der Waals surface area contributed by atoms with Crippen molar-refractivity contribution in [3.63, 3.8) is 0 Å². The first kappa shape index (κ1) is 21.0. The van der Waals surface area contributed by atoms with Crippen molar-refractivity contribution in [2.75, 3.05) is 0 Å². The molecule has 5 aromatic rings. The van der Waals surface area contributed by atoms with Gasteiger partial charge in [-0.2, -0.15) is 0 Å². The Morgan fingerprint density at radius 3 is 2.55 bits per heavy atom. The van der Waals surface area contributed by atoms with E-state index in [0.717, 1.165) is 27.0 Å². The van der Waals surface area contributed by atoms with Crippen LogP contribution in [0.5, 0.6) is 0 Å². The lowest BCUT2D eigenvalue weighted by atomic mass is 10.1. The molecule has 164 valence electrons. The number of aryl methyl sites for hydroxylation is 1. The van der Waals surface area contributed by atoms with Gasteiger partial charge in [0.1, 0.15) is 27.7 Å². The van der Waals surface area contributed by atoms with Crippen LogP contribution in [0.4, 0.5) is 4.39 Å². The lowest BCUT2D eigenvalue weighted by Gasteiger charge is -2.10. The number of hydrogen-bond donors (Lipinski definition) is 1. The maximum absolute atomic E-state index is 13.2. The summed E-state index contributed by atoms with van der Waals surface area (Å²) in [4.78, 5) is 35.8. The van der Waals surface area contributed by atoms with Crippen LogP contribution in [0.15, 0.2) is 71.5 Å². The number of amides is 1. The van der Waals surface area contributed by atoms with E-state index in [1.54, 1.807) is 19.1 Å². The Hall–Kier alpha value is -3.91. The number of benzene rings is 2. The zero-order valence-corrected chi connectivity index (χ0v) is 18.5. The molecule has 5 rings (SSSR count). The Balaban J connectivity index is 1.44. The largest absolute Gasteiger partial charge is 0.350 e. The molecule has 0 aliphatic heterocycles. The second-order valence-corrected chi connectivity index (χ2v) is 8.65. The molecule has 0 unspecified atom stereocenters. The third kappa shape index (κ3) is 4.12. The third-order valence-corrected chi connectivity index (χ3v) is 6.48. The molecule has 0 radical (unpaired) electrons. The Bertz CT molecular complexity index is 1540. The van der Waals surface area contributed by atoms with E-state index in [4.69, 9.17) is 4.98 Å². The van der Waals surface area contributed by atoms with Crippen molar-refractivity contribution in [3.05, 3.63) is 94.3 Å². The monoisotopic (exact) mass is 458 g/mol. The minimum absolute atomic E-state index is 0.147. The van der Waals surface area contributed by atoms with E-state index in [-0.39, 0.29) is 30.4 Å². The highest BCUT2D eigenvalue weighted by Crippen LogP contribution is 2.31. The smallest absolute Gasteiger partial charge is 0.272 e. The third-order valence-electron chi connectivity index (χ3n) is 5.41. The van der Waals surface area contributed by atoms with Crippen LogP contribution in [0.2, 0.25) is 0 Å². The molecule has 0 atom stereocenters. The molecule has 33 heavy (non-hydrogen) atoms. The van der Waals surface area contributed by atoms with Gasteiger partial charge in [0, 0.05) is 17.5 Å². The van der Waals surface area contributed by atoms with Gasteiger partial charge in [-0.05, 0) is 36.8 Å². The summed E-state index contributed by atoms with van der Waals surface area (Å²) in [6.07, 6.45) is 0. The zero-order chi connectivity index (χ0) is 22.9. The fraction of sp³-hybridized carbons (Fsp3) is 0.120. The summed E-state index contributed by atoms with van der Waals surface area (Å²) >= 11 is 1.28. The van der Waals surface area contributed by atoms with E-state index in [1.165, 1.54) is 28.0 Å². The Kier molecular flexibility index (Phi) is 5.43. The Morgan fingerprint density at radius 1 is 1.03 bits per heavy atom. The maximum Gasteiger partial charge on any atom is 0.272 e. The van der Waals surface area contributed by atoms with Crippen LogP contribution in [0.3, 0.4) is 0 Å². The second-order valence-electron chi connectivity index (χ2n) is 7.65. The molecule has 0 spiro atoms. The van der Waals surface area contributed by atoms with Gasteiger partial charge in [-0.1, -0.05) is 42.5 Å². The molecule has 2 aromatic carbocycles. The molecule has 0 saturated heterocycles. The molecule has 8 heteroatoms. The highest BCUT2D eigenvalue weighted by molar-refractivity contribution is 7.25. The minimum atomic E-state index is -0.333. The van der Waals surface area contributed by atoms with Gasteiger partial charge in [0.2, 0.25) is 5.91 Å². The molecule has 0 aliphatic rings. The van der Waals surface area contributed by atoms with E-state index in [1.807, 2.05) is 42.5 Å². The van der Waals surface area contributed by atoms with Crippen molar-refractivity contribution < 1.29 is 9.18 Å². The van der Waals surface area contributed by atoms with E-state index >= 15 is 0 Å². The molecule has 0 fully saturated rings. The number of nitrogens with zero attached hydrogens (tertiary/aromatic N) is 3. The van der Waals surface area contributed by atoms with Gasteiger partial charge in [-0.25, -0.2) is 14.4 Å². The van der Waals surface area contributed by atoms with Gasteiger partial charge in [-0.3, -0.25) is 14.2 Å². The molecule has 0 saturated carbocycles. The summed E-state index contributed by atoms with van der Waals surface area (Å²) < 4.78 is 14.9. The molecule has 0 aliphatic carbocycles. The molecule has 3 aromatic heterocycles. The van der Waals surface area contributed by atoms with Gasteiger partial charge in [0.25, 0.3) is 5.56 Å². The van der Waals surface area contributed by atoms with Gasteiger partial charge in [-0.15, -0.1) is 11.3 Å². The van der Waals surface area contributed by atoms with Gasteiger partial charge < -0.3 is 5.32 Å². The predicted octanol–water partition coefficient (Wildman–Crippen LogP) is 4.44.